The number of carboxylic acids is 1. The van der Waals surface area contributed by atoms with Gasteiger partial charge in [0.1, 0.15) is 0 Å². The maximum Gasteiger partial charge on any atom is 0.337 e. The zero-order valence-electron chi connectivity index (χ0n) is 22.9. The monoisotopic (exact) mass is 531 g/mol. The summed E-state index contributed by atoms with van der Waals surface area (Å²) >= 11 is 6.18. The number of allylic oxidation sites excluding steroid dienone is 1. The van der Waals surface area contributed by atoms with Crippen LogP contribution in [0.2, 0.25) is 5.02 Å². The maximum absolute atomic E-state index is 12.5. The van der Waals surface area contributed by atoms with E-state index in [2.05, 4.69) is 16.8 Å². The predicted molar refractivity (Wildman–Crippen MR) is 156 cm³/mol. The average molecular weight is 532 g/mol. The lowest BCUT2D eigenvalue weighted by atomic mass is 9.86. The van der Waals surface area contributed by atoms with Crippen LogP contribution in [-0.4, -0.2) is 33.6 Å². The molecule has 3 rings (SSSR count). The highest BCUT2D eigenvalue weighted by Crippen LogP contribution is 2.41. The van der Waals surface area contributed by atoms with Crippen molar-refractivity contribution >= 4 is 34.6 Å². The third-order valence-corrected chi connectivity index (χ3v) is 6.22. The van der Waals surface area contributed by atoms with E-state index in [9.17, 15) is 15.0 Å². The van der Waals surface area contributed by atoms with Gasteiger partial charge in [-0.05, 0) is 100 Å². The molecule has 0 saturated heterocycles. The number of benzene rings is 3. The molecule has 0 bridgehead atoms. The van der Waals surface area contributed by atoms with Crippen LogP contribution in [0.5, 0.6) is 0 Å². The largest absolute Gasteiger partial charge is 0.479 e. The highest BCUT2D eigenvalue weighted by molar-refractivity contribution is 6.30. The molecule has 0 aromatic heterocycles. The Kier molecular flexibility index (Phi) is 8.84. The molecule has 0 radical (unpaired) electrons. The predicted octanol–water partition coefficient (Wildman–Crippen LogP) is 7.51. The second-order valence-corrected chi connectivity index (χ2v) is 10.7. The van der Waals surface area contributed by atoms with Gasteiger partial charge in [0.15, 0.2) is 11.7 Å². The van der Waals surface area contributed by atoms with Crippen LogP contribution >= 0.6 is 11.6 Å². The van der Waals surface area contributed by atoms with Gasteiger partial charge in [-0.2, -0.15) is 0 Å². The van der Waals surface area contributed by atoms with Crippen molar-refractivity contribution in [3.63, 3.8) is 0 Å². The zero-order chi connectivity index (χ0) is 28.3. The minimum atomic E-state index is -1.44. The van der Waals surface area contributed by atoms with Crippen molar-refractivity contribution in [2.45, 2.75) is 65.8 Å². The van der Waals surface area contributed by atoms with Gasteiger partial charge in [0.2, 0.25) is 0 Å². The second-order valence-electron chi connectivity index (χ2n) is 10.3. The van der Waals surface area contributed by atoms with Crippen molar-refractivity contribution in [3.05, 3.63) is 82.0 Å². The molecule has 2 N–H and O–H groups in total. The lowest BCUT2D eigenvalue weighted by Gasteiger charge is -2.28. The zero-order valence-corrected chi connectivity index (χ0v) is 23.6. The van der Waals surface area contributed by atoms with E-state index in [0.29, 0.717) is 21.8 Å². The number of carboxylic acid groups (broad SMARTS) is 1. The Morgan fingerprint density at radius 2 is 1.74 bits per heavy atom. The Hall–Kier alpha value is -3.43. The van der Waals surface area contributed by atoms with Crippen molar-refractivity contribution in [2.75, 3.05) is 0 Å². The molecule has 0 aliphatic carbocycles. The van der Waals surface area contributed by atoms with E-state index in [-0.39, 0.29) is 0 Å². The van der Waals surface area contributed by atoms with Gasteiger partial charge in [-0.25, -0.2) is 4.79 Å². The second kappa shape index (κ2) is 11.5. The van der Waals surface area contributed by atoms with Gasteiger partial charge < -0.3 is 14.9 Å². The molecule has 3 aromatic rings. The first-order valence-corrected chi connectivity index (χ1v) is 12.8. The van der Waals surface area contributed by atoms with Crippen molar-refractivity contribution in [2.24, 2.45) is 4.99 Å². The Labute approximate surface area is 229 Å². The average Bonchev–Trinajstić information content (AvgIpc) is 2.84. The molecule has 1 unspecified atom stereocenters. The fraction of sp³-hybridized carbons (Fsp3) is 0.312. The third kappa shape index (κ3) is 6.71. The van der Waals surface area contributed by atoms with E-state index in [4.69, 9.17) is 16.3 Å². The summed E-state index contributed by atoms with van der Waals surface area (Å²) in [6.07, 6.45) is 2.15. The fourth-order valence-electron chi connectivity index (χ4n) is 4.36. The number of aliphatic hydroxyl groups is 1. The standard InChI is InChI=1S/C32H34ClNO4/c1-8-26(34-9-2)32(7,37)17-16-21-10-11-23-18-20(3)27(29(30(35)36)38-31(4,5)6)28(25(23)19-21)22-12-14-24(33)15-13-22/h8-15,18-19,29,37H,1-7H3,(H,35,36)/b26-8-,34-9-/t29-,32?/m0/s1. The van der Waals surface area contributed by atoms with Gasteiger partial charge in [0.25, 0.3) is 0 Å². The minimum Gasteiger partial charge on any atom is -0.479 e. The highest BCUT2D eigenvalue weighted by atomic mass is 35.5. The molecule has 0 aliphatic heterocycles. The van der Waals surface area contributed by atoms with E-state index < -0.39 is 23.3 Å². The normalized spacial score (nSPS) is 14.7. The van der Waals surface area contributed by atoms with Gasteiger partial charge in [-0.3, -0.25) is 4.99 Å². The summed E-state index contributed by atoms with van der Waals surface area (Å²) in [4.78, 5) is 16.7. The molecule has 5 nitrogen and oxygen atoms in total. The van der Waals surface area contributed by atoms with Crippen LogP contribution < -0.4 is 0 Å². The molecule has 0 fully saturated rings. The summed E-state index contributed by atoms with van der Waals surface area (Å²) in [5.41, 5.74) is 1.93. The molecule has 38 heavy (non-hydrogen) atoms. The lowest BCUT2D eigenvalue weighted by molar-refractivity contribution is -0.160. The molecule has 0 saturated carbocycles. The van der Waals surface area contributed by atoms with Gasteiger partial charge >= 0.3 is 5.97 Å². The number of nitrogens with zero attached hydrogens (tertiary/aromatic N) is 1. The smallest absolute Gasteiger partial charge is 0.337 e. The van der Waals surface area contributed by atoms with Gasteiger partial charge in [-0.15, -0.1) is 0 Å². The van der Waals surface area contributed by atoms with Crippen LogP contribution in [0.1, 0.15) is 64.3 Å². The summed E-state index contributed by atoms with van der Waals surface area (Å²) in [5, 5.41) is 23.5. The van der Waals surface area contributed by atoms with Crippen molar-refractivity contribution in [1.82, 2.24) is 0 Å². The fourth-order valence-corrected chi connectivity index (χ4v) is 4.49. The quantitative estimate of drug-likeness (QED) is 0.255. The van der Waals surface area contributed by atoms with E-state index >= 15 is 0 Å². The number of aryl methyl sites for hydroxylation is 1. The highest BCUT2D eigenvalue weighted by Gasteiger charge is 2.31. The van der Waals surface area contributed by atoms with Gasteiger partial charge in [0, 0.05) is 22.4 Å². The summed E-state index contributed by atoms with van der Waals surface area (Å²) in [6.45, 7) is 12.6. The first-order chi connectivity index (χ1) is 17.8. The number of fused-ring (bicyclic) bond motifs is 1. The Bertz CT molecular complexity index is 1470. The number of halogens is 1. The number of hydrogen-bond donors (Lipinski definition) is 2. The van der Waals surface area contributed by atoms with Crippen molar-refractivity contribution < 1.29 is 19.7 Å². The van der Waals surface area contributed by atoms with E-state index in [1.165, 1.54) is 0 Å². The summed E-state index contributed by atoms with van der Waals surface area (Å²) < 4.78 is 6.08. The molecule has 198 valence electrons. The number of rotatable bonds is 6. The number of aliphatic carboxylic acids is 1. The van der Waals surface area contributed by atoms with Crippen LogP contribution in [0.15, 0.2) is 65.3 Å². The van der Waals surface area contributed by atoms with Crippen LogP contribution in [0.25, 0.3) is 21.9 Å². The first-order valence-electron chi connectivity index (χ1n) is 12.4. The Morgan fingerprint density at radius 3 is 2.29 bits per heavy atom. The molecule has 0 amide bonds. The number of carbonyl (C=O) groups is 1. The van der Waals surface area contributed by atoms with E-state index in [0.717, 1.165) is 27.5 Å². The molecule has 0 spiro atoms. The summed E-state index contributed by atoms with van der Waals surface area (Å²) in [5.74, 6) is 4.94. The molecule has 0 aliphatic rings. The lowest BCUT2D eigenvalue weighted by Crippen LogP contribution is -2.28. The van der Waals surface area contributed by atoms with Crippen LogP contribution in [0.4, 0.5) is 0 Å². The van der Waals surface area contributed by atoms with Crippen LogP contribution in [0, 0.1) is 18.8 Å². The molecular formula is C32H34ClNO4. The van der Waals surface area contributed by atoms with Crippen molar-refractivity contribution in [1.29, 1.82) is 0 Å². The molecule has 0 heterocycles. The molecular weight excluding hydrogens is 498 g/mol. The SMILES string of the molecule is C/C=N\C(=C/C)C(C)(O)C#Cc1ccc2cc(C)c([C@H](OC(C)(C)C)C(=O)O)c(-c3ccc(Cl)cc3)c2c1. The summed E-state index contributed by atoms with van der Waals surface area (Å²) in [6, 6.07) is 15.0. The molecule has 6 heteroatoms. The van der Waals surface area contributed by atoms with Gasteiger partial charge in [0.05, 0.1) is 11.3 Å². The van der Waals surface area contributed by atoms with E-state index in [1.807, 2.05) is 64.1 Å². The maximum atomic E-state index is 12.5. The topological polar surface area (TPSA) is 79.1 Å². The molecule has 2 atom stereocenters. The van der Waals surface area contributed by atoms with E-state index in [1.54, 1.807) is 45.2 Å². The summed E-state index contributed by atoms with van der Waals surface area (Å²) in [7, 11) is 0. The minimum absolute atomic E-state index is 0.455. The van der Waals surface area contributed by atoms with Crippen LogP contribution in [0.3, 0.4) is 0 Å². The van der Waals surface area contributed by atoms with Gasteiger partial charge in [-0.1, -0.05) is 53.8 Å². The number of hydrogen-bond acceptors (Lipinski definition) is 4. The van der Waals surface area contributed by atoms with Crippen molar-refractivity contribution in [3.8, 4) is 23.0 Å². The third-order valence-electron chi connectivity index (χ3n) is 5.97. The Balaban J connectivity index is 2.34. The Morgan fingerprint density at radius 1 is 1.08 bits per heavy atom. The number of aliphatic imine (C=N–C) groups is 1. The number of ether oxygens (including phenoxy) is 1. The molecule has 3 aromatic carbocycles. The first kappa shape index (κ1) is 29.1. The van der Waals surface area contributed by atoms with Crippen LogP contribution in [-0.2, 0) is 9.53 Å².